The van der Waals surface area contributed by atoms with Crippen LogP contribution >= 0.6 is 0 Å². The zero-order valence-corrected chi connectivity index (χ0v) is 6.81. The van der Waals surface area contributed by atoms with Crippen LogP contribution in [0.1, 0.15) is 6.42 Å². The average Bonchev–Trinajstić information content (AvgIpc) is 2.41. The molecule has 68 valence electrons. The number of carbonyl (C=O) groups is 1. The van der Waals surface area contributed by atoms with Crippen LogP contribution in [0.15, 0.2) is 0 Å². The largest absolute Gasteiger partial charge is 0.481 e. The van der Waals surface area contributed by atoms with Gasteiger partial charge >= 0.3 is 5.97 Å². The third-order valence-corrected chi connectivity index (χ3v) is 2.98. The van der Waals surface area contributed by atoms with E-state index >= 15 is 0 Å². The highest BCUT2D eigenvalue weighted by Gasteiger charge is 2.42. The van der Waals surface area contributed by atoms with E-state index in [0.29, 0.717) is 6.54 Å². The molecule has 2 aliphatic rings. The molecule has 0 radical (unpaired) electrons. The highest BCUT2D eigenvalue weighted by atomic mass is 16.4. The van der Waals surface area contributed by atoms with Crippen LogP contribution in [0.25, 0.3) is 0 Å². The van der Waals surface area contributed by atoms with Crippen LogP contribution in [0, 0.1) is 11.8 Å². The zero-order chi connectivity index (χ0) is 8.72. The lowest BCUT2D eigenvalue weighted by atomic mass is 9.88. The molecule has 4 heteroatoms. The number of aliphatic carboxylic acids is 1. The van der Waals surface area contributed by atoms with E-state index < -0.39 is 18.0 Å². The molecular weight excluding hydrogens is 158 g/mol. The molecule has 0 aromatic heterocycles. The Balaban J connectivity index is 2.12. The fourth-order valence-corrected chi connectivity index (χ4v) is 2.25. The molecule has 2 rings (SSSR count). The lowest BCUT2D eigenvalue weighted by Crippen LogP contribution is -2.46. The third kappa shape index (κ3) is 1.11. The van der Waals surface area contributed by atoms with Gasteiger partial charge in [0.05, 0.1) is 12.0 Å². The Kier molecular flexibility index (Phi) is 1.81. The maximum absolute atomic E-state index is 10.7. The minimum absolute atomic E-state index is 0.194. The molecule has 2 saturated heterocycles. The molecule has 2 aliphatic heterocycles. The van der Waals surface area contributed by atoms with Crippen molar-refractivity contribution >= 4 is 5.97 Å². The molecule has 2 fully saturated rings. The molecule has 2 bridgehead atoms. The van der Waals surface area contributed by atoms with Crippen LogP contribution in [0.2, 0.25) is 0 Å². The van der Waals surface area contributed by atoms with Crippen LogP contribution in [0.5, 0.6) is 0 Å². The summed E-state index contributed by atoms with van der Waals surface area (Å²) in [5.74, 6) is -1.23. The maximum Gasteiger partial charge on any atom is 0.310 e. The Bertz CT molecular complexity index is 206. The number of carboxylic acid groups (broad SMARTS) is 1. The highest BCUT2D eigenvalue weighted by Crippen LogP contribution is 2.30. The minimum Gasteiger partial charge on any atom is -0.481 e. The van der Waals surface area contributed by atoms with Gasteiger partial charge in [0, 0.05) is 13.1 Å². The van der Waals surface area contributed by atoms with Gasteiger partial charge in [-0.05, 0) is 18.9 Å². The number of aliphatic hydroxyl groups is 1. The van der Waals surface area contributed by atoms with E-state index in [1.165, 1.54) is 0 Å². The number of hydrogen-bond donors (Lipinski definition) is 2. The van der Waals surface area contributed by atoms with Gasteiger partial charge in [0.15, 0.2) is 0 Å². The molecule has 12 heavy (non-hydrogen) atoms. The second kappa shape index (κ2) is 2.71. The molecular formula is C8H13NO3. The van der Waals surface area contributed by atoms with Crippen LogP contribution in [-0.2, 0) is 4.79 Å². The van der Waals surface area contributed by atoms with Crippen LogP contribution in [0.3, 0.4) is 0 Å². The summed E-state index contributed by atoms with van der Waals surface area (Å²) in [5, 5.41) is 18.4. The van der Waals surface area contributed by atoms with Crippen molar-refractivity contribution in [2.24, 2.45) is 11.8 Å². The van der Waals surface area contributed by atoms with E-state index in [0.717, 1.165) is 19.5 Å². The van der Waals surface area contributed by atoms with Gasteiger partial charge in [0.25, 0.3) is 0 Å². The van der Waals surface area contributed by atoms with E-state index in [1.54, 1.807) is 0 Å². The molecule has 4 nitrogen and oxygen atoms in total. The summed E-state index contributed by atoms with van der Waals surface area (Å²) in [5.41, 5.74) is 0. The van der Waals surface area contributed by atoms with Crippen LogP contribution in [0.4, 0.5) is 0 Å². The van der Waals surface area contributed by atoms with Crippen LogP contribution < -0.4 is 0 Å². The third-order valence-electron chi connectivity index (χ3n) is 2.98. The summed E-state index contributed by atoms with van der Waals surface area (Å²) in [6.07, 6.45) is 0.326. The molecule has 2 heterocycles. The van der Waals surface area contributed by atoms with Crippen molar-refractivity contribution in [1.29, 1.82) is 0 Å². The molecule has 0 aromatic rings. The number of aliphatic hydroxyl groups excluding tert-OH is 1. The van der Waals surface area contributed by atoms with Crippen molar-refractivity contribution in [2.45, 2.75) is 12.5 Å². The Morgan fingerprint density at radius 1 is 1.42 bits per heavy atom. The number of fused-ring (bicyclic) bond motifs is 2. The van der Waals surface area contributed by atoms with Gasteiger partial charge in [0.2, 0.25) is 0 Å². The lowest BCUT2D eigenvalue weighted by Gasteiger charge is -2.31. The van der Waals surface area contributed by atoms with Gasteiger partial charge in [-0.15, -0.1) is 0 Å². The molecule has 0 saturated carbocycles. The Hall–Kier alpha value is -0.610. The van der Waals surface area contributed by atoms with Gasteiger partial charge in [0.1, 0.15) is 0 Å². The minimum atomic E-state index is -0.862. The summed E-state index contributed by atoms with van der Waals surface area (Å²) < 4.78 is 0. The molecule has 4 atom stereocenters. The van der Waals surface area contributed by atoms with Gasteiger partial charge in [-0.25, -0.2) is 0 Å². The van der Waals surface area contributed by atoms with Crippen molar-refractivity contribution in [2.75, 3.05) is 19.6 Å². The van der Waals surface area contributed by atoms with Crippen LogP contribution in [-0.4, -0.2) is 46.8 Å². The fourth-order valence-electron chi connectivity index (χ4n) is 2.25. The smallest absolute Gasteiger partial charge is 0.310 e. The number of rotatable bonds is 1. The summed E-state index contributed by atoms with van der Waals surface area (Å²) in [4.78, 5) is 12.8. The number of piperidine rings is 1. The predicted octanol–water partition coefficient (Wildman–Crippen LogP) is -0.616. The Morgan fingerprint density at radius 2 is 2.17 bits per heavy atom. The summed E-state index contributed by atoms with van der Waals surface area (Å²) in [6, 6.07) is 0. The van der Waals surface area contributed by atoms with E-state index in [-0.39, 0.29) is 5.92 Å². The van der Waals surface area contributed by atoms with Gasteiger partial charge in [-0.3, -0.25) is 4.79 Å². The molecule has 4 unspecified atom stereocenters. The quantitative estimate of drug-likeness (QED) is 0.552. The summed E-state index contributed by atoms with van der Waals surface area (Å²) in [6.45, 7) is 2.35. The number of hydrogen-bond acceptors (Lipinski definition) is 3. The second-order valence-electron chi connectivity index (χ2n) is 3.74. The number of carboxylic acids is 1. The molecule has 0 aromatic carbocycles. The number of nitrogens with zero attached hydrogens (tertiary/aromatic N) is 1. The van der Waals surface area contributed by atoms with Crippen molar-refractivity contribution < 1.29 is 15.0 Å². The Labute approximate surface area is 70.8 Å². The first-order valence-electron chi connectivity index (χ1n) is 4.31. The summed E-state index contributed by atoms with van der Waals surface area (Å²) in [7, 11) is 0. The standard InChI is InChI=1S/C8H13NO3/c10-7-5-1-2-9(3-5)4-6(7)8(11)12/h5-7,10H,1-4H2,(H,11,12). The molecule has 2 N–H and O–H groups in total. The van der Waals surface area contributed by atoms with Gasteiger partial charge < -0.3 is 15.1 Å². The van der Waals surface area contributed by atoms with Crippen molar-refractivity contribution in [3.8, 4) is 0 Å². The monoisotopic (exact) mass is 171 g/mol. The van der Waals surface area contributed by atoms with E-state index in [2.05, 4.69) is 4.90 Å². The topological polar surface area (TPSA) is 60.8 Å². The van der Waals surface area contributed by atoms with Crippen molar-refractivity contribution in [3.05, 3.63) is 0 Å². The predicted molar refractivity (Wildman–Crippen MR) is 41.7 cm³/mol. The second-order valence-corrected chi connectivity index (χ2v) is 3.74. The van der Waals surface area contributed by atoms with Crippen molar-refractivity contribution in [1.82, 2.24) is 4.90 Å². The summed E-state index contributed by atoms with van der Waals surface area (Å²) >= 11 is 0. The first-order chi connectivity index (χ1) is 5.68. The fraction of sp³-hybridized carbons (Fsp3) is 0.875. The lowest BCUT2D eigenvalue weighted by molar-refractivity contribution is -0.149. The Morgan fingerprint density at radius 3 is 2.83 bits per heavy atom. The maximum atomic E-state index is 10.7. The normalized spacial score (nSPS) is 46.1. The van der Waals surface area contributed by atoms with Gasteiger partial charge in [-0.2, -0.15) is 0 Å². The van der Waals surface area contributed by atoms with E-state index in [9.17, 15) is 9.90 Å². The van der Waals surface area contributed by atoms with E-state index in [1.807, 2.05) is 0 Å². The first-order valence-corrected chi connectivity index (χ1v) is 4.31. The zero-order valence-electron chi connectivity index (χ0n) is 6.81. The average molecular weight is 171 g/mol. The molecule has 0 amide bonds. The first kappa shape index (κ1) is 8.01. The highest BCUT2D eigenvalue weighted by molar-refractivity contribution is 5.71. The SMILES string of the molecule is O=C(O)C1CN2CCC(C2)C1O. The van der Waals surface area contributed by atoms with Crippen molar-refractivity contribution in [3.63, 3.8) is 0 Å². The molecule has 0 spiro atoms. The van der Waals surface area contributed by atoms with E-state index in [4.69, 9.17) is 5.11 Å². The van der Waals surface area contributed by atoms with Gasteiger partial charge in [-0.1, -0.05) is 0 Å². The molecule has 0 aliphatic carbocycles.